The average Bonchev–Trinajstić information content (AvgIpc) is 2.47. The smallest absolute Gasteiger partial charge is 0.184 e. The molecule has 4 heteroatoms. The first-order valence-electron chi connectivity index (χ1n) is 7.53. The lowest BCUT2D eigenvalue weighted by Crippen LogP contribution is -2.30. The van der Waals surface area contributed by atoms with Gasteiger partial charge < -0.3 is 4.43 Å². The predicted molar refractivity (Wildman–Crippen MR) is 96.1 cm³/mol. The van der Waals surface area contributed by atoms with Crippen LogP contribution >= 0.6 is 0 Å². The highest BCUT2D eigenvalue weighted by atomic mass is 32.2. The van der Waals surface area contributed by atoms with Crippen LogP contribution in [0, 0.1) is 6.92 Å². The van der Waals surface area contributed by atoms with Crippen LogP contribution in [0.4, 0.5) is 0 Å². The molecule has 0 fully saturated rings. The van der Waals surface area contributed by atoms with E-state index in [1.165, 1.54) is 5.56 Å². The molecule has 0 aromatic heterocycles. The Morgan fingerprint density at radius 2 is 1.59 bits per heavy atom. The van der Waals surface area contributed by atoms with Gasteiger partial charge in [-0.3, -0.25) is 4.21 Å². The van der Waals surface area contributed by atoms with Crippen molar-refractivity contribution in [2.75, 3.05) is 5.75 Å². The van der Waals surface area contributed by atoms with E-state index < -0.39 is 19.1 Å². The van der Waals surface area contributed by atoms with Crippen LogP contribution in [-0.2, 0) is 15.2 Å². The molecule has 2 rings (SSSR count). The van der Waals surface area contributed by atoms with Gasteiger partial charge in [-0.1, -0.05) is 48.0 Å². The molecule has 2 aromatic rings. The lowest BCUT2D eigenvalue weighted by molar-refractivity contribution is 0.222. The summed E-state index contributed by atoms with van der Waals surface area (Å²) in [6, 6.07) is 18.0. The molecule has 0 aliphatic rings. The fraction of sp³-hybridized carbons (Fsp3) is 0.333. The summed E-state index contributed by atoms with van der Waals surface area (Å²) in [6.45, 7) is 8.53. The van der Waals surface area contributed by atoms with Crippen molar-refractivity contribution in [3.8, 4) is 0 Å². The Morgan fingerprint density at radius 3 is 2.14 bits per heavy atom. The lowest BCUT2D eigenvalue weighted by Gasteiger charge is -2.26. The number of rotatable bonds is 6. The molecule has 2 atom stereocenters. The van der Waals surface area contributed by atoms with Crippen molar-refractivity contribution in [3.63, 3.8) is 0 Å². The summed E-state index contributed by atoms with van der Waals surface area (Å²) in [6.07, 6.45) is -0.116. The third kappa shape index (κ3) is 5.20. The van der Waals surface area contributed by atoms with Gasteiger partial charge in [0.05, 0.1) is 22.7 Å². The van der Waals surface area contributed by atoms with Crippen molar-refractivity contribution in [2.45, 2.75) is 37.6 Å². The number of hydrogen-bond acceptors (Lipinski definition) is 2. The summed E-state index contributed by atoms with van der Waals surface area (Å²) in [4.78, 5) is 0.866. The maximum atomic E-state index is 12.7. The standard InChI is InChI=1S/C18H24O2SSi/c1-15-10-12-17(13-11-15)21(19)14-18(20-22(2,3)4)16-8-6-5-7-9-16/h5-13,18H,14H2,1-4H3/t18-,21+/m1/s1. The lowest BCUT2D eigenvalue weighted by atomic mass is 10.1. The summed E-state index contributed by atoms with van der Waals surface area (Å²) >= 11 is 0. The van der Waals surface area contributed by atoms with Gasteiger partial charge in [-0.15, -0.1) is 0 Å². The first-order chi connectivity index (χ1) is 10.3. The van der Waals surface area contributed by atoms with Gasteiger partial charge in [0, 0.05) is 4.90 Å². The van der Waals surface area contributed by atoms with Crippen molar-refractivity contribution in [2.24, 2.45) is 0 Å². The van der Waals surface area contributed by atoms with E-state index in [2.05, 4.69) is 31.8 Å². The Bertz CT molecular complexity index is 618. The fourth-order valence-corrected chi connectivity index (χ4v) is 4.58. The molecule has 0 aliphatic heterocycles. The van der Waals surface area contributed by atoms with Gasteiger partial charge in [-0.05, 0) is 44.3 Å². The van der Waals surface area contributed by atoms with Gasteiger partial charge in [-0.2, -0.15) is 0 Å². The minimum absolute atomic E-state index is 0.116. The molecule has 0 N–H and O–H groups in total. The van der Waals surface area contributed by atoms with E-state index in [0.29, 0.717) is 5.75 Å². The molecule has 0 radical (unpaired) electrons. The second-order valence-corrected chi connectivity index (χ2v) is 12.4. The molecule has 0 aliphatic carbocycles. The van der Waals surface area contributed by atoms with E-state index in [1.54, 1.807) is 0 Å². The van der Waals surface area contributed by atoms with E-state index in [1.807, 2.05) is 49.4 Å². The van der Waals surface area contributed by atoms with Gasteiger partial charge in [0.25, 0.3) is 0 Å². The summed E-state index contributed by atoms with van der Waals surface area (Å²) in [5.74, 6) is 0.497. The number of hydrogen-bond donors (Lipinski definition) is 0. The van der Waals surface area contributed by atoms with Crippen molar-refractivity contribution in [3.05, 3.63) is 65.7 Å². The Kier molecular flexibility index (Phi) is 5.73. The summed E-state index contributed by atoms with van der Waals surface area (Å²) in [7, 11) is -2.77. The highest BCUT2D eigenvalue weighted by molar-refractivity contribution is 7.85. The molecule has 0 saturated carbocycles. The Labute approximate surface area is 137 Å². The van der Waals surface area contributed by atoms with Gasteiger partial charge in [0.15, 0.2) is 8.32 Å². The Balaban J connectivity index is 2.19. The molecule has 2 nitrogen and oxygen atoms in total. The molecule has 118 valence electrons. The van der Waals surface area contributed by atoms with Crippen LogP contribution < -0.4 is 0 Å². The zero-order valence-electron chi connectivity index (χ0n) is 13.7. The minimum Gasteiger partial charge on any atom is -0.410 e. The molecule has 22 heavy (non-hydrogen) atoms. The van der Waals surface area contributed by atoms with Crippen LogP contribution in [0.15, 0.2) is 59.5 Å². The second kappa shape index (κ2) is 7.35. The molecule has 0 saturated heterocycles. The monoisotopic (exact) mass is 332 g/mol. The molecular formula is C18H24O2SSi. The van der Waals surface area contributed by atoms with Crippen LogP contribution in [0.25, 0.3) is 0 Å². The van der Waals surface area contributed by atoms with E-state index in [0.717, 1.165) is 10.5 Å². The highest BCUT2D eigenvalue weighted by Gasteiger charge is 2.24. The zero-order chi connectivity index (χ0) is 16.2. The molecule has 0 amide bonds. The molecule has 0 heterocycles. The first kappa shape index (κ1) is 17.1. The van der Waals surface area contributed by atoms with Gasteiger partial charge >= 0.3 is 0 Å². The second-order valence-electron chi connectivity index (χ2n) is 6.45. The van der Waals surface area contributed by atoms with Crippen LogP contribution in [-0.4, -0.2) is 18.3 Å². The van der Waals surface area contributed by atoms with Crippen molar-refractivity contribution in [1.29, 1.82) is 0 Å². The third-order valence-corrected chi connectivity index (χ3v) is 5.65. The minimum atomic E-state index is -1.71. The van der Waals surface area contributed by atoms with Crippen LogP contribution in [0.1, 0.15) is 17.2 Å². The Morgan fingerprint density at radius 1 is 1.00 bits per heavy atom. The highest BCUT2D eigenvalue weighted by Crippen LogP contribution is 2.25. The van der Waals surface area contributed by atoms with E-state index in [9.17, 15) is 4.21 Å². The molecule has 2 aromatic carbocycles. The number of aryl methyl sites for hydroxylation is 1. The SMILES string of the molecule is Cc1ccc([S@@](=O)C[C@@H](O[Si](C)(C)C)c2ccccc2)cc1. The maximum absolute atomic E-state index is 12.7. The van der Waals surface area contributed by atoms with Gasteiger partial charge in [0.1, 0.15) is 0 Å². The zero-order valence-corrected chi connectivity index (χ0v) is 15.5. The number of benzene rings is 2. The Hall–Kier alpha value is -1.23. The predicted octanol–water partition coefficient (Wildman–Crippen LogP) is 4.70. The third-order valence-electron chi connectivity index (χ3n) is 3.25. The van der Waals surface area contributed by atoms with Crippen LogP contribution in [0.2, 0.25) is 19.6 Å². The topological polar surface area (TPSA) is 26.3 Å². The van der Waals surface area contributed by atoms with E-state index >= 15 is 0 Å². The maximum Gasteiger partial charge on any atom is 0.184 e. The van der Waals surface area contributed by atoms with E-state index in [-0.39, 0.29) is 6.10 Å². The van der Waals surface area contributed by atoms with Crippen LogP contribution in [0.3, 0.4) is 0 Å². The van der Waals surface area contributed by atoms with Gasteiger partial charge in [-0.25, -0.2) is 0 Å². The summed E-state index contributed by atoms with van der Waals surface area (Å²) in [5, 5.41) is 0. The van der Waals surface area contributed by atoms with Crippen molar-refractivity contribution in [1.82, 2.24) is 0 Å². The first-order valence-corrected chi connectivity index (χ1v) is 12.3. The quantitative estimate of drug-likeness (QED) is 0.717. The largest absolute Gasteiger partial charge is 0.410 e. The van der Waals surface area contributed by atoms with Crippen molar-refractivity contribution >= 4 is 19.1 Å². The average molecular weight is 333 g/mol. The summed E-state index contributed by atoms with van der Waals surface area (Å²) in [5.41, 5.74) is 2.28. The normalized spacial score (nSPS) is 14.5. The van der Waals surface area contributed by atoms with Crippen LogP contribution in [0.5, 0.6) is 0 Å². The summed E-state index contributed by atoms with van der Waals surface area (Å²) < 4.78 is 19.0. The van der Waals surface area contributed by atoms with E-state index in [4.69, 9.17) is 4.43 Å². The molecule has 0 bridgehead atoms. The molecule has 0 spiro atoms. The molecular weight excluding hydrogens is 308 g/mol. The molecule has 0 unspecified atom stereocenters. The van der Waals surface area contributed by atoms with Gasteiger partial charge in [0.2, 0.25) is 0 Å². The van der Waals surface area contributed by atoms with Crippen molar-refractivity contribution < 1.29 is 8.63 Å². The fourth-order valence-electron chi connectivity index (χ4n) is 2.22.